The molecule has 1 aromatic rings. The lowest BCUT2D eigenvalue weighted by Crippen LogP contribution is -2.31. The summed E-state index contributed by atoms with van der Waals surface area (Å²) in [7, 11) is 3.46. The van der Waals surface area contributed by atoms with Gasteiger partial charge in [-0.25, -0.2) is 0 Å². The first kappa shape index (κ1) is 17.5. The number of ether oxygens (including phenoxy) is 2. The fourth-order valence-corrected chi connectivity index (χ4v) is 2.83. The lowest BCUT2D eigenvalue weighted by atomic mass is 10.00. The highest BCUT2D eigenvalue weighted by atomic mass is 79.9. The summed E-state index contributed by atoms with van der Waals surface area (Å²) in [4.78, 5) is 0. The number of nitrogens with one attached hydrogen (secondary N) is 1. The van der Waals surface area contributed by atoms with Crippen molar-refractivity contribution in [3.05, 3.63) is 28.2 Å². The van der Waals surface area contributed by atoms with Gasteiger partial charge >= 0.3 is 0 Å². The molecule has 0 aliphatic carbocycles. The fraction of sp³-hybridized carbons (Fsp3) is 0.625. The van der Waals surface area contributed by atoms with Crippen molar-refractivity contribution in [1.82, 2.24) is 5.32 Å². The lowest BCUT2D eigenvalue weighted by molar-refractivity contribution is 0.106. The minimum Gasteiger partial charge on any atom is -0.496 e. The van der Waals surface area contributed by atoms with Gasteiger partial charge in [0, 0.05) is 13.2 Å². The van der Waals surface area contributed by atoms with E-state index in [1.165, 1.54) is 5.56 Å². The molecule has 1 rings (SSSR count). The van der Waals surface area contributed by atoms with Gasteiger partial charge in [0.1, 0.15) is 5.75 Å². The molecule has 0 aliphatic heterocycles. The maximum absolute atomic E-state index is 5.33. The maximum atomic E-state index is 5.33. The lowest BCUT2D eigenvalue weighted by Gasteiger charge is -2.20. The molecule has 0 bridgehead atoms. The summed E-state index contributed by atoms with van der Waals surface area (Å²) in [6.07, 6.45) is 3.53. The smallest absolute Gasteiger partial charge is 0.133 e. The molecule has 0 spiro atoms. The standard InChI is InChI=1S/C16H26BrNO2/c1-5-18-14(8-6-12(2)19-3)10-13-7-9-16(20-4)15(17)11-13/h7,9,11-12,14,18H,5-6,8,10H2,1-4H3. The normalized spacial score (nSPS) is 14.1. The number of halogens is 1. The predicted molar refractivity (Wildman–Crippen MR) is 87.6 cm³/mol. The van der Waals surface area contributed by atoms with E-state index in [1.54, 1.807) is 14.2 Å². The first-order chi connectivity index (χ1) is 9.60. The molecule has 114 valence electrons. The van der Waals surface area contributed by atoms with Crippen LogP contribution in [-0.2, 0) is 11.2 Å². The average Bonchev–Trinajstić information content (AvgIpc) is 2.44. The van der Waals surface area contributed by atoms with Crippen LogP contribution in [0.2, 0.25) is 0 Å². The number of hydrogen-bond acceptors (Lipinski definition) is 3. The molecular formula is C16H26BrNO2. The van der Waals surface area contributed by atoms with Crippen LogP contribution in [0.5, 0.6) is 5.75 Å². The number of methoxy groups -OCH3 is 2. The molecule has 0 heterocycles. The zero-order valence-electron chi connectivity index (χ0n) is 12.9. The van der Waals surface area contributed by atoms with Gasteiger partial charge < -0.3 is 14.8 Å². The van der Waals surface area contributed by atoms with E-state index in [0.717, 1.165) is 36.0 Å². The minimum atomic E-state index is 0.318. The van der Waals surface area contributed by atoms with Crippen molar-refractivity contribution < 1.29 is 9.47 Å². The van der Waals surface area contributed by atoms with Gasteiger partial charge in [-0.3, -0.25) is 0 Å². The van der Waals surface area contributed by atoms with Crippen LogP contribution < -0.4 is 10.1 Å². The highest BCUT2D eigenvalue weighted by Crippen LogP contribution is 2.26. The van der Waals surface area contributed by atoms with Crippen LogP contribution >= 0.6 is 15.9 Å². The molecule has 3 nitrogen and oxygen atoms in total. The van der Waals surface area contributed by atoms with Crippen molar-refractivity contribution in [3.8, 4) is 5.75 Å². The highest BCUT2D eigenvalue weighted by Gasteiger charge is 2.12. The van der Waals surface area contributed by atoms with E-state index in [2.05, 4.69) is 47.2 Å². The molecule has 0 aromatic heterocycles. The van der Waals surface area contributed by atoms with Crippen molar-refractivity contribution in [1.29, 1.82) is 0 Å². The van der Waals surface area contributed by atoms with Crippen LogP contribution in [0.15, 0.2) is 22.7 Å². The summed E-state index contributed by atoms with van der Waals surface area (Å²) in [5.74, 6) is 0.877. The third-order valence-electron chi connectivity index (χ3n) is 3.52. The molecule has 2 atom stereocenters. The Kier molecular flexibility index (Phi) is 8.19. The summed E-state index contributed by atoms with van der Waals surface area (Å²) < 4.78 is 11.6. The molecule has 1 N–H and O–H groups in total. The van der Waals surface area contributed by atoms with E-state index >= 15 is 0 Å². The van der Waals surface area contributed by atoms with Crippen molar-refractivity contribution in [2.24, 2.45) is 0 Å². The van der Waals surface area contributed by atoms with Crippen molar-refractivity contribution in [2.45, 2.75) is 45.3 Å². The molecular weight excluding hydrogens is 318 g/mol. The predicted octanol–water partition coefficient (Wildman–Crippen LogP) is 3.79. The molecule has 0 saturated carbocycles. The topological polar surface area (TPSA) is 30.5 Å². The van der Waals surface area contributed by atoms with Gasteiger partial charge in [-0.2, -0.15) is 0 Å². The van der Waals surface area contributed by atoms with E-state index < -0.39 is 0 Å². The molecule has 0 saturated heterocycles. The summed E-state index contributed by atoms with van der Waals surface area (Å²) in [6, 6.07) is 6.77. The number of rotatable bonds is 9. The van der Waals surface area contributed by atoms with Crippen molar-refractivity contribution >= 4 is 15.9 Å². The van der Waals surface area contributed by atoms with E-state index in [1.807, 2.05) is 6.07 Å². The summed E-state index contributed by atoms with van der Waals surface area (Å²) >= 11 is 3.54. The monoisotopic (exact) mass is 343 g/mol. The minimum absolute atomic E-state index is 0.318. The van der Waals surface area contributed by atoms with Crippen LogP contribution in [-0.4, -0.2) is 32.9 Å². The van der Waals surface area contributed by atoms with E-state index in [0.29, 0.717) is 12.1 Å². The Morgan fingerprint density at radius 3 is 2.55 bits per heavy atom. The van der Waals surface area contributed by atoms with E-state index in [9.17, 15) is 0 Å². The molecule has 20 heavy (non-hydrogen) atoms. The average molecular weight is 344 g/mol. The fourth-order valence-electron chi connectivity index (χ4n) is 2.24. The third kappa shape index (κ3) is 5.81. The second-order valence-electron chi connectivity index (χ2n) is 5.05. The SMILES string of the molecule is CCNC(CCC(C)OC)Cc1ccc(OC)c(Br)c1. The van der Waals surface area contributed by atoms with Gasteiger partial charge in [-0.1, -0.05) is 13.0 Å². The van der Waals surface area contributed by atoms with Crippen LogP contribution in [0.4, 0.5) is 0 Å². The Labute approximate surface area is 131 Å². The molecule has 0 amide bonds. The van der Waals surface area contributed by atoms with Crippen LogP contribution in [0, 0.1) is 0 Å². The van der Waals surface area contributed by atoms with Gasteiger partial charge in [-0.15, -0.1) is 0 Å². The van der Waals surface area contributed by atoms with Gasteiger partial charge in [0.2, 0.25) is 0 Å². The Morgan fingerprint density at radius 2 is 2.00 bits per heavy atom. The molecule has 2 unspecified atom stereocenters. The zero-order chi connectivity index (χ0) is 15.0. The third-order valence-corrected chi connectivity index (χ3v) is 4.13. The number of hydrogen-bond donors (Lipinski definition) is 1. The molecule has 0 aliphatic rings. The molecule has 4 heteroatoms. The van der Waals surface area contributed by atoms with Crippen molar-refractivity contribution in [2.75, 3.05) is 20.8 Å². The van der Waals surface area contributed by atoms with Gasteiger partial charge in [0.15, 0.2) is 0 Å². The maximum Gasteiger partial charge on any atom is 0.133 e. The second kappa shape index (κ2) is 9.37. The zero-order valence-corrected chi connectivity index (χ0v) is 14.5. The summed E-state index contributed by atoms with van der Waals surface area (Å²) in [6.45, 7) is 5.26. The van der Waals surface area contributed by atoms with Gasteiger partial charge in [0.25, 0.3) is 0 Å². The highest BCUT2D eigenvalue weighted by molar-refractivity contribution is 9.10. The van der Waals surface area contributed by atoms with E-state index in [-0.39, 0.29) is 0 Å². The molecule has 0 fully saturated rings. The van der Waals surface area contributed by atoms with E-state index in [4.69, 9.17) is 9.47 Å². The van der Waals surface area contributed by atoms with Gasteiger partial charge in [0.05, 0.1) is 17.7 Å². The molecule has 1 aromatic carbocycles. The first-order valence-electron chi connectivity index (χ1n) is 7.19. The largest absolute Gasteiger partial charge is 0.496 e. The molecule has 0 radical (unpaired) electrons. The first-order valence-corrected chi connectivity index (χ1v) is 7.98. The Hall–Kier alpha value is -0.580. The van der Waals surface area contributed by atoms with Crippen LogP contribution in [0.1, 0.15) is 32.3 Å². The number of benzene rings is 1. The van der Waals surface area contributed by atoms with Gasteiger partial charge in [-0.05, 0) is 66.4 Å². The van der Waals surface area contributed by atoms with Crippen LogP contribution in [0.3, 0.4) is 0 Å². The Morgan fingerprint density at radius 1 is 1.25 bits per heavy atom. The van der Waals surface area contributed by atoms with Crippen molar-refractivity contribution in [3.63, 3.8) is 0 Å². The number of likely N-dealkylation sites (N-methyl/N-ethyl adjacent to an activating group) is 1. The van der Waals surface area contributed by atoms with Crippen LogP contribution in [0.25, 0.3) is 0 Å². The Bertz CT molecular complexity index is 398. The Balaban J connectivity index is 2.62. The summed E-state index contributed by atoms with van der Waals surface area (Å²) in [5.41, 5.74) is 1.31. The summed E-state index contributed by atoms with van der Waals surface area (Å²) in [5, 5.41) is 3.56. The quantitative estimate of drug-likeness (QED) is 0.739. The second-order valence-corrected chi connectivity index (χ2v) is 5.91.